The first-order valence-electron chi connectivity index (χ1n) is 8.41. The Morgan fingerprint density at radius 2 is 1.73 bits per heavy atom. The smallest absolute Gasteiger partial charge is 0.319 e. The molecule has 2 aromatic rings. The maximum Gasteiger partial charge on any atom is 0.325 e. The van der Waals surface area contributed by atoms with Crippen LogP contribution in [0.1, 0.15) is 30.9 Å². The number of hydrogen-bond donors (Lipinski definition) is 1. The Morgan fingerprint density at radius 3 is 2.31 bits per heavy atom. The zero-order valence-corrected chi connectivity index (χ0v) is 14.3. The molecule has 3 rings (SSSR count). The lowest BCUT2D eigenvalue weighted by molar-refractivity contribution is -0.384. The van der Waals surface area contributed by atoms with Crippen LogP contribution in [0.3, 0.4) is 0 Å². The van der Waals surface area contributed by atoms with Gasteiger partial charge in [0.2, 0.25) is 0 Å². The van der Waals surface area contributed by atoms with Crippen molar-refractivity contribution in [2.45, 2.75) is 31.8 Å². The maximum absolute atomic E-state index is 13.1. The van der Waals surface area contributed by atoms with Crippen LogP contribution in [0.2, 0.25) is 0 Å². The van der Waals surface area contributed by atoms with E-state index in [1.54, 1.807) is 12.1 Å². The third kappa shape index (κ3) is 3.03. The minimum Gasteiger partial charge on any atom is -0.319 e. The number of hydrogen-bond acceptors (Lipinski definition) is 4. The van der Waals surface area contributed by atoms with Crippen molar-refractivity contribution >= 4 is 17.6 Å². The highest BCUT2D eigenvalue weighted by Crippen LogP contribution is 2.34. The van der Waals surface area contributed by atoms with Gasteiger partial charge < -0.3 is 5.32 Å². The van der Waals surface area contributed by atoms with E-state index in [1.807, 2.05) is 37.3 Å². The lowest BCUT2D eigenvalue weighted by atomic mass is 9.85. The minimum atomic E-state index is -1.06. The first-order chi connectivity index (χ1) is 12.5. The number of nitrogens with zero attached hydrogens (tertiary/aromatic N) is 2. The maximum atomic E-state index is 13.1. The number of non-ortho nitro benzene ring substituents is 1. The van der Waals surface area contributed by atoms with Crippen molar-refractivity contribution in [3.8, 4) is 0 Å². The zero-order chi connectivity index (χ0) is 18.7. The number of carbonyl (C=O) groups excluding carboxylic acids is 2. The highest BCUT2D eigenvalue weighted by molar-refractivity contribution is 6.07. The molecule has 26 heavy (non-hydrogen) atoms. The van der Waals surface area contributed by atoms with E-state index in [0.717, 1.165) is 12.0 Å². The molecule has 3 amide bonds. The molecule has 1 N–H and O–H groups in total. The summed E-state index contributed by atoms with van der Waals surface area (Å²) in [6, 6.07) is 14.6. The highest BCUT2D eigenvalue weighted by Gasteiger charge is 2.51. The van der Waals surface area contributed by atoms with Crippen LogP contribution in [0.5, 0.6) is 0 Å². The second kappa shape index (κ2) is 6.95. The normalized spacial score (nSPS) is 19.5. The fourth-order valence-electron chi connectivity index (χ4n) is 3.28. The molecule has 2 aromatic carbocycles. The lowest BCUT2D eigenvalue weighted by Crippen LogP contribution is -2.43. The van der Waals surface area contributed by atoms with Crippen LogP contribution >= 0.6 is 0 Å². The second-order valence-corrected chi connectivity index (χ2v) is 6.27. The topological polar surface area (TPSA) is 92.6 Å². The third-order valence-corrected chi connectivity index (χ3v) is 4.56. The number of carbonyl (C=O) groups is 2. The third-order valence-electron chi connectivity index (χ3n) is 4.56. The van der Waals surface area contributed by atoms with Crippen LogP contribution in [0.4, 0.5) is 10.5 Å². The number of rotatable bonds is 6. The number of benzene rings is 2. The summed E-state index contributed by atoms with van der Waals surface area (Å²) < 4.78 is 0. The number of imide groups is 1. The van der Waals surface area contributed by atoms with Crippen LogP contribution < -0.4 is 5.32 Å². The van der Waals surface area contributed by atoms with Crippen LogP contribution in [0, 0.1) is 10.1 Å². The fraction of sp³-hybridized carbons (Fsp3) is 0.263. The van der Waals surface area contributed by atoms with Gasteiger partial charge in [0.25, 0.3) is 11.6 Å². The number of nitro benzene ring substituents is 1. The Kier molecular flexibility index (Phi) is 4.71. The number of nitro groups is 1. The molecule has 0 spiro atoms. The minimum absolute atomic E-state index is 0.0319. The lowest BCUT2D eigenvalue weighted by Gasteiger charge is -2.27. The van der Waals surface area contributed by atoms with Crippen molar-refractivity contribution < 1.29 is 14.5 Å². The molecule has 1 atom stereocenters. The Labute approximate surface area is 150 Å². The summed E-state index contributed by atoms with van der Waals surface area (Å²) in [7, 11) is 0. The summed E-state index contributed by atoms with van der Waals surface area (Å²) >= 11 is 0. The van der Waals surface area contributed by atoms with Crippen LogP contribution in [-0.2, 0) is 16.9 Å². The fourth-order valence-corrected chi connectivity index (χ4v) is 3.28. The molecule has 0 saturated carbocycles. The first-order valence-corrected chi connectivity index (χ1v) is 8.41. The van der Waals surface area contributed by atoms with E-state index in [-0.39, 0.29) is 18.1 Å². The molecule has 0 bridgehead atoms. The van der Waals surface area contributed by atoms with Crippen molar-refractivity contribution in [1.82, 2.24) is 10.2 Å². The van der Waals surface area contributed by atoms with E-state index in [4.69, 9.17) is 0 Å². The Hall–Kier alpha value is -3.22. The molecule has 0 aromatic heterocycles. The van der Waals surface area contributed by atoms with Gasteiger partial charge in [0.15, 0.2) is 0 Å². The van der Waals surface area contributed by atoms with Crippen molar-refractivity contribution in [1.29, 1.82) is 0 Å². The van der Waals surface area contributed by atoms with E-state index in [0.29, 0.717) is 12.0 Å². The molecule has 0 radical (unpaired) electrons. The van der Waals surface area contributed by atoms with Gasteiger partial charge in [-0.3, -0.25) is 19.8 Å². The van der Waals surface area contributed by atoms with Gasteiger partial charge in [-0.2, -0.15) is 0 Å². The summed E-state index contributed by atoms with van der Waals surface area (Å²) in [4.78, 5) is 37.1. The largest absolute Gasteiger partial charge is 0.325 e. The summed E-state index contributed by atoms with van der Waals surface area (Å²) in [6.07, 6.45) is 1.23. The molecular weight excluding hydrogens is 334 g/mol. The quantitative estimate of drug-likeness (QED) is 0.490. The molecular formula is C19H19N3O4. The van der Waals surface area contributed by atoms with Gasteiger partial charge in [0.05, 0.1) is 11.5 Å². The molecule has 0 aliphatic carbocycles. The average Bonchev–Trinajstić information content (AvgIpc) is 2.88. The van der Waals surface area contributed by atoms with E-state index in [2.05, 4.69) is 5.32 Å². The van der Waals surface area contributed by atoms with E-state index < -0.39 is 16.5 Å². The predicted octanol–water partition coefficient (Wildman–Crippen LogP) is 3.34. The van der Waals surface area contributed by atoms with Gasteiger partial charge in [-0.15, -0.1) is 0 Å². The molecule has 1 heterocycles. The molecule has 1 saturated heterocycles. The summed E-state index contributed by atoms with van der Waals surface area (Å²) in [5.74, 6) is -0.297. The van der Waals surface area contributed by atoms with Gasteiger partial charge in [0.1, 0.15) is 5.54 Å². The van der Waals surface area contributed by atoms with E-state index in [1.165, 1.54) is 17.0 Å². The van der Waals surface area contributed by atoms with Crippen molar-refractivity contribution in [2.75, 3.05) is 0 Å². The summed E-state index contributed by atoms with van der Waals surface area (Å²) in [5, 5.41) is 13.6. The van der Waals surface area contributed by atoms with Crippen LogP contribution in [0.15, 0.2) is 54.6 Å². The van der Waals surface area contributed by atoms with Gasteiger partial charge in [-0.1, -0.05) is 55.8 Å². The highest BCUT2D eigenvalue weighted by atomic mass is 16.6. The predicted molar refractivity (Wildman–Crippen MR) is 95.2 cm³/mol. The Morgan fingerprint density at radius 1 is 1.08 bits per heavy atom. The van der Waals surface area contributed by atoms with Crippen LogP contribution in [0.25, 0.3) is 0 Å². The van der Waals surface area contributed by atoms with Gasteiger partial charge >= 0.3 is 6.03 Å². The average molecular weight is 353 g/mol. The molecule has 1 aliphatic heterocycles. The van der Waals surface area contributed by atoms with Gasteiger partial charge in [0, 0.05) is 12.1 Å². The van der Waals surface area contributed by atoms with Crippen molar-refractivity contribution in [3.63, 3.8) is 0 Å². The summed E-state index contributed by atoms with van der Waals surface area (Å²) in [6.45, 7) is 2.03. The molecule has 134 valence electrons. The first kappa shape index (κ1) is 17.6. The number of amides is 3. The number of urea groups is 1. The summed E-state index contributed by atoms with van der Waals surface area (Å²) in [5.41, 5.74) is 0.315. The number of nitrogens with one attached hydrogen (secondary N) is 1. The standard InChI is InChI=1S/C19H19N3O4/c1-2-12-19(15-6-4-3-5-7-15)17(23)21(18(24)20-19)13-14-8-10-16(11-9-14)22(25)26/h3-11H,2,12-13H2,1H3,(H,20,24)/t19-/m1/s1. The van der Waals surface area contributed by atoms with Gasteiger partial charge in [-0.25, -0.2) is 4.79 Å². The second-order valence-electron chi connectivity index (χ2n) is 6.27. The Bertz CT molecular complexity index is 836. The molecule has 0 unspecified atom stereocenters. The van der Waals surface area contributed by atoms with Crippen LogP contribution in [-0.4, -0.2) is 21.8 Å². The van der Waals surface area contributed by atoms with E-state index >= 15 is 0 Å². The molecule has 1 aliphatic rings. The van der Waals surface area contributed by atoms with Gasteiger partial charge in [-0.05, 0) is 17.5 Å². The van der Waals surface area contributed by atoms with E-state index in [9.17, 15) is 19.7 Å². The SMILES string of the molecule is CCC[C@]1(c2ccccc2)NC(=O)N(Cc2ccc([N+](=O)[O-])cc2)C1=O. The molecule has 7 heteroatoms. The monoisotopic (exact) mass is 353 g/mol. The van der Waals surface area contributed by atoms with Crippen molar-refractivity contribution in [3.05, 3.63) is 75.8 Å². The Balaban J connectivity index is 1.89. The molecule has 7 nitrogen and oxygen atoms in total. The van der Waals surface area contributed by atoms with Crippen molar-refractivity contribution in [2.24, 2.45) is 0 Å². The zero-order valence-electron chi connectivity index (χ0n) is 14.3. The molecule has 1 fully saturated rings.